The van der Waals surface area contributed by atoms with Crippen molar-refractivity contribution in [3.63, 3.8) is 0 Å². The van der Waals surface area contributed by atoms with Crippen molar-refractivity contribution in [1.82, 2.24) is 0 Å². The van der Waals surface area contributed by atoms with Crippen molar-refractivity contribution in [1.29, 1.82) is 0 Å². The first-order valence-corrected chi connectivity index (χ1v) is 6.80. The zero-order chi connectivity index (χ0) is 13.2. The van der Waals surface area contributed by atoms with E-state index in [1.165, 1.54) is 31.4 Å². The number of anilines is 1. The molecule has 0 heterocycles. The second-order valence-corrected chi connectivity index (χ2v) is 6.22. The van der Waals surface area contributed by atoms with E-state index in [-0.39, 0.29) is 0 Å². The molecule has 0 saturated heterocycles. The van der Waals surface area contributed by atoms with E-state index in [0.717, 1.165) is 11.8 Å². The van der Waals surface area contributed by atoms with Gasteiger partial charge in [0.05, 0.1) is 0 Å². The Morgan fingerprint density at radius 2 is 1.72 bits per heavy atom. The van der Waals surface area contributed by atoms with E-state index in [1.54, 1.807) is 0 Å². The molecule has 1 aromatic carbocycles. The second-order valence-electron chi connectivity index (χ2n) is 6.22. The summed E-state index contributed by atoms with van der Waals surface area (Å²) < 4.78 is 0. The maximum absolute atomic E-state index is 10.6. The molecule has 1 aromatic rings. The summed E-state index contributed by atoms with van der Waals surface area (Å²) in [7, 11) is 2.17. The Morgan fingerprint density at radius 3 is 2.22 bits per heavy atom. The molecule has 2 nitrogen and oxygen atoms in total. The number of rotatable bonds is 3. The Kier molecular flexibility index (Phi) is 3.74. The largest absolute Gasteiger partial charge is 0.372 e. The van der Waals surface area contributed by atoms with Gasteiger partial charge in [-0.2, -0.15) is 0 Å². The lowest BCUT2D eigenvalue weighted by Gasteiger charge is -2.39. The quantitative estimate of drug-likeness (QED) is 0.753. The van der Waals surface area contributed by atoms with Crippen LogP contribution in [0.15, 0.2) is 24.3 Å². The van der Waals surface area contributed by atoms with Crippen molar-refractivity contribution in [2.24, 2.45) is 5.41 Å². The maximum Gasteiger partial charge on any atom is 0.150 e. The number of benzene rings is 1. The van der Waals surface area contributed by atoms with Crippen molar-refractivity contribution < 1.29 is 4.79 Å². The summed E-state index contributed by atoms with van der Waals surface area (Å²) in [4.78, 5) is 13.0. The van der Waals surface area contributed by atoms with Gasteiger partial charge < -0.3 is 4.90 Å². The van der Waals surface area contributed by atoms with Crippen molar-refractivity contribution >= 4 is 12.0 Å². The highest BCUT2D eigenvalue weighted by atomic mass is 16.1. The normalized spacial score (nSPS) is 19.5. The van der Waals surface area contributed by atoms with Gasteiger partial charge in [0.1, 0.15) is 6.29 Å². The third-order valence-corrected chi connectivity index (χ3v) is 4.29. The summed E-state index contributed by atoms with van der Waals surface area (Å²) in [6.07, 6.45) is 6.02. The van der Waals surface area contributed by atoms with Gasteiger partial charge in [-0.15, -0.1) is 0 Å². The molecule has 0 unspecified atom stereocenters. The van der Waals surface area contributed by atoms with Gasteiger partial charge >= 0.3 is 0 Å². The number of nitrogens with zero attached hydrogens (tertiary/aromatic N) is 1. The van der Waals surface area contributed by atoms with Gasteiger partial charge in [0.25, 0.3) is 0 Å². The molecule has 1 aliphatic carbocycles. The Bertz CT molecular complexity index is 398. The Morgan fingerprint density at radius 1 is 1.17 bits per heavy atom. The van der Waals surface area contributed by atoms with Crippen LogP contribution in [-0.4, -0.2) is 19.4 Å². The van der Waals surface area contributed by atoms with E-state index in [1.807, 2.05) is 24.3 Å². The van der Waals surface area contributed by atoms with E-state index in [0.29, 0.717) is 11.5 Å². The summed E-state index contributed by atoms with van der Waals surface area (Å²) in [6, 6.07) is 8.52. The van der Waals surface area contributed by atoms with Crippen LogP contribution in [-0.2, 0) is 0 Å². The van der Waals surface area contributed by atoms with Crippen molar-refractivity contribution in [2.45, 2.75) is 45.6 Å². The van der Waals surface area contributed by atoms with Crippen LogP contribution in [0.5, 0.6) is 0 Å². The van der Waals surface area contributed by atoms with E-state index >= 15 is 0 Å². The predicted molar refractivity (Wildman–Crippen MR) is 76.3 cm³/mol. The SMILES string of the molecule is CN(c1ccc(C=O)cc1)C1CCC(C)(C)CC1. The van der Waals surface area contributed by atoms with Crippen LogP contribution in [0.4, 0.5) is 5.69 Å². The summed E-state index contributed by atoms with van der Waals surface area (Å²) in [5.41, 5.74) is 2.47. The van der Waals surface area contributed by atoms with E-state index in [2.05, 4.69) is 25.8 Å². The molecule has 18 heavy (non-hydrogen) atoms. The first-order valence-electron chi connectivity index (χ1n) is 6.80. The lowest BCUT2D eigenvalue weighted by Crippen LogP contribution is -2.37. The number of hydrogen-bond donors (Lipinski definition) is 0. The zero-order valence-electron chi connectivity index (χ0n) is 11.6. The van der Waals surface area contributed by atoms with Gasteiger partial charge in [0, 0.05) is 24.3 Å². The molecule has 1 aliphatic rings. The highest BCUT2D eigenvalue weighted by Crippen LogP contribution is 2.37. The summed E-state index contributed by atoms with van der Waals surface area (Å²) in [6.45, 7) is 4.73. The van der Waals surface area contributed by atoms with Crippen LogP contribution < -0.4 is 4.90 Å². The lowest BCUT2D eigenvalue weighted by molar-refractivity contribution is 0.112. The van der Waals surface area contributed by atoms with Gasteiger partial charge in [-0.25, -0.2) is 0 Å². The van der Waals surface area contributed by atoms with Gasteiger partial charge in [-0.1, -0.05) is 13.8 Å². The standard InChI is InChI=1S/C16H23NO/c1-16(2)10-8-15(9-11-16)17(3)14-6-4-13(12-18)5-7-14/h4-7,12,15H,8-11H2,1-3H3. The fourth-order valence-corrected chi connectivity index (χ4v) is 2.77. The second kappa shape index (κ2) is 5.13. The fourth-order valence-electron chi connectivity index (χ4n) is 2.77. The molecule has 0 amide bonds. The predicted octanol–water partition coefficient (Wildman–Crippen LogP) is 3.90. The minimum Gasteiger partial charge on any atom is -0.372 e. The molecular formula is C16H23NO. The molecule has 0 spiro atoms. The maximum atomic E-state index is 10.6. The highest BCUT2D eigenvalue weighted by molar-refractivity contribution is 5.75. The third kappa shape index (κ3) is 2.92. The smallest absolute Gasteiger partial charge is 0.150 e. The van der Waals surface area contributed by atoms with Crippen LogP contribution in [0.2, 0.25) is 0 Å². The van der Waals surface area contributed by atoms with E-state index in [9.17, 15) is 4.79 Å². The monoisotopic (exact) mass is 245 g/mol. The number of hydrogen-bond acceptors (Lipinski definition) is 2. The van der Waals surface area contributed by atoms with Gasteiger partial charge in [-0.3, -0.25) is 4.79 Å². The van der Waals surface area contributed by atoms with Gasteiger partial charge in [0.2, 0.25) is 0 Å². The topological polar surface area (TPSA) is 20.3 Å². The van der Waals surface area contributed by atoms with E-state index < -0.39 is 0 Å². The zero-order valence-corrected chi connectivity index (χ0v) is 11.6. The molecule has 0 N–H and O–H groups in total. The van der Waals surface area contributed by atoms with Gasteiger partial charge in [-0.05, 0) is 55.4 Å². The number of carbonyl (C=O) groups is 1. The molecule has 0 atom stereocenters. The van der Waals surface area contributed by atoms with Crippen molar-refractivity contribution in [3.05, 3.63) is 29.8 Å². The summed E-state index contributed by atoms with van der Waals surface area (Å²) in [5.74, 6) is 0. The number of aldehydes is 1. The van der Waals surface area contributed by atoms with Crippen molar-refractivity contribution in [3.8, 4) is 0 Å². The van der Waals surface area contributed by atoms with Crippen molar-refractivity contribution in [2.75, 3.05) is 11.9 Å². The third-order valence-electron chi connectivity index (χ3n) is 4.29. The molecule has 2 heteroatoms. The Labute approximate surface area is 110 Å². The molecule has 0 aromatic heterocycles. The number of carbonyl (C=O) groups excluding carboxylic acids is 1. The van der Waals surface area contributed by atoms with Gasteiger partial charge in [0.15, 0.2) is 0 Å². The van der Waals surface area contributed by atoms with Crippen LogP contribution in [0.3, 0.4) is 0 Å². The molecular weight excluding hydrogens is 222 g/mol. The lowest BCUT2D eigenvalue weighted by atomic mass is 9.75. The minimum absolute atomic E-state index is 0.513. The Balaban J connectivity index is 2.02. The first kappa shape index (κ1) is 13.1. The highest BCUT2D eigenvalue weighted by Gasteiger charge is 2.28. The molecule has 0 bridgehead atoms. The average Bonchev–Trinajstić information content (AvgIpc) is 2.38. The van der Waals surface area contributed by atoms with Crippen LogP contribution in [0.25, 0.3) is 0 Å². The fraction of sp³-hybridized carbons (Fsp3) is 0.562. The molecule has 98 valence electrons. The molecule has 1 saturated carbocycles. The minimum atomic E-state index is 0.513. The Hall–Kier alpha value is -1.31. The first-order chi connectivity index (χ1) is 8.52. The molecule has 1 fully saturated rings. The van der Waals surface area contributed by atoms with E-state index in [4.69, 9.17) is 0 Å². The summed E-state index contributed by atoms with van der Waals surface area (Å²) in [5, 5.41) is 0. The van der Waals surface area contributed by atoms with Crippen LogP contribution >= 0.6 is 0 Å². The molecule has 0 aliphatic heterocycles. The summed E-state index contributed by atoms with van der Waals surface area (Å²) >= 11 is 0. The average molecular weight is 245 g/mol. The molecule has 0 radical (unpaired) electrons. The van der Waals surface area contributed by atoms with Crippen LogP contribution in [0.1, 0.15) is 49.9 Å². The molecule has 2 rings (SSSR count). The van der Waals surface area contributed by atoms with Crippen LogP contribution in [0, 0.1) is 5.41 Å².